The first-order valence-electron chi connectivity index (χ1n) is 6.31. The number of sulfonamides is 1. The predicted molar refractivity (Wildman–Crippen MR) is 84.3 cm³/mol. The highest BCUT2D eigenvalue weighted by molar-refractivity contribution is 8.00. The van der Waals surface area contributed by atoms with E-state index in [1.54, 1.807) is 26.8 Å². The lowest BCUT2D eigenvalue weighted by atomic mass is 10.0. The molecule has 20 heavy (non-hydrogen) atoms. The van der Waals surface area contributed by atoms with E-state index in [2.05, 4.69) is 4.72 Å². The topological polar surface area (TPSA) is 92.4 Å². The molecule has 0 spiro atoms. The smallest absolute Gasteiger partial charge is 0.212 e. The molecule has 0 saturated carbocycles. The van der Waals surface area contributed by atoms with Crippen LogP contribution in [0, 0.1) is 0 Å². The summed E-state index contributed by atoms with van der Waals surface area (Å²) in [7, 11) is -3.44. The van der Waals surface area contributed by atoms with Crippen molar-refractivity contribution in [3.05, 3.63) is 24.3 Å². The van der Waals surface area contributed by atoms with Gasteiger partial charge in [0.1, 0.15) is 0 Å². The van der Waals surface area contributed by atoms with Crippen LogP contribution in [-0.4, -0.2) is 36.7 Å². The molecule has 0 aliphatic heterocycles. The summed E-state index contributed by atoms with van der Waals surface area (Å²) in [6, 6.07) is 7.34. The summed E-state index contributed by atoms with van der Waals surface area (Å²) >= 11 is 1.40. The third kappa shape index (κ3) is 5.32. The van der Waals surface area contributed by atoms with Crippen LogP contribution in [0.3, 0.4) is 0 Å². The molecule has 0 radical (unpaired) electrons. The monoisotopic (exact) mass is 318 g/mol. The number of aliphatic hydroxyl groups is 1. The van der Waals surface area contributed by atoms with Gasteiger partial charge in [-0.25, -0.2) is 13.1 Å². The summed E-state index contributed by atoms with van der Waals surface area (Å²) in [5.41, 5.74) is 5.56. The van der Waals surface area contributed by atoms with Crippen LogP contribution < -0.4 is 10.5 Å². The number of nitrogen functional groups attached to an aromatic ring is 1. The molecule has 1 aromatic rings. The van der Waals surface area contributed by atoms with Gasteiger partial charge in [0.15, 0.2) is 0 Å². The van der Waals surface area contributed by atoms with Gasteiger partial charge in [-0.15, -0.1) is 11.8 Å². The third-order valence-corrected chi connectivity index (χ3v) is 5.92. The van der Waals surface area contributed by atoms with Crippen LogP contribution in [0.25, 0.3) is 0 Å². The molecule has 0 aromatic heterocycles. The lowest BCUT2D eigenvalue weighted by molar-refractivity contribution is 0.112. The maximum Gasteiger partial charge on any atom is 0.212 e. The van der Waals surface area contributed by atoms with Crippen molar-refractivity contribution < 1.29 is 13.5 Å². The molecule has 0 heterocycles. The van der Waals surface area contributed by atoms with Crippen molar-refractivity contribution in [3.63, 3.8) is 0 Å². The largest absolute Gasteiger partial charge is 0.398 e. The number of thioether (sulfide) groups is 1. The molecule has 0 saturated heterocycles. The first kappa shape index (κ1) is 17.3. The molecule has 5 nitrogen and oxygen atoms in total. The minimum absolute atomic E-state index is 0.0256. The molecule has 0 fully saturated rings. The van der Waals surface area contributed by atoms with Crippen molar-refractivity contribution in [1.29, 1.82) is 0 Å². The Kier molecular flexibility index (Phi) is 5.88. The van der Waals surface area contributed by atoms with Crippen LogP contribution in [0.1, 0.15) is 20.8 Å². The summed E-state index contributed by atoms with van der Waals surface area (Å²) in [5, 5.41) is 9.53. The zero-order valence-corrected chi connectivity index (χ0v) is 13.6. The standard InChI is InChI=1S/C13H22N2O3S2/c1-10(16)13(2,3)15-20(17,18)9-8-19-12-7-5-4-6-11(12)14/h4-7,10,15-16H,8-9,14H2,1-3H3. The number of nitrogens with two attached hydrogens (primary N) is 1. The fourth-order valence-electron chi connectivity index (χ4n) is 1.41. The van der Waals surface area contributed by atoms with E-state index < -0.39 is 21.7 Å². The number of hydrogen-bond donors (Lipinski definition) is 3. The van der Waals surface area contributed by atoms with Crippen LogP contribution >= 0.6 is 11.8 Å². The van der Waals surface area contributed by atoms with Crippen molar-refractivity contribution in [2.75, 3.05) is 17.2 Å². The lowest BCUT2D eigenvalue weighted by Gasteiger charge is -2.28. The van der Waals surface area contributed by atoms with Gasteiger partial charge in [-0.3, -0.25) is 0 Å². The maximum atomic E-state index is 12.0. The Morgan fingerprint density at radius 2 is 2.00 bits per heavy atom. The quantitative estimate of drug-likeness (QED) is 0.522. The van der Waals surface area contributed by atoms with Crippen LogP contribution in [0.15, 0.2) is 29.2 Å². The third-order valence-electron chi connectivity index (χ3n) is 2.99. The molecule has 1 aromatic carbocycles. The number of hydrogen-bond acceptors (Lipinski definition) is 5. The minimum atomic E-state index is -3.44. The Morgan fingerprint density at radius 1 is 1.40 bits per heavy atom. The number of anilines is 1. The average Bonchev–Trinajstić information content (AvgIpc) is 2.30. The molecule has 0 bridgehead atoms. The van der Waals surface area contributed by atoms with Crippen molar-refractivity contribution in [3.8, 4) is 0 Å². The molecule has 7 heteroatoms. The van der Waals surface area contributed by atoms with E-state index in [1.807, 2.05) is 18.2 Å². The van der Waals surface area contributed by atoms with Gasteiger partial charge in [-0.1, -0.05) is 12.1 Å². The highest BCUT2D eigenvalue weighted by atomic mass is 32.2. The highest BCUT2D eigenvalue weighted by Crippen LogP contribution is 2.24. The van der Waals surface area contributed by atoms with Gasteiger partial charge in [-0.05, 0) is 32.9 Å². The van der Waals surface area contributed by atoms with E-state index in [0.29, 0.717) is 11.4 Å². The van der Waals surface area contributed by atoms with Crippen LogP contribution in [0.5, 0.6) is 0 Å². The Balaban J connectivity index is 2.55. The Labute approximate surface area is 125 Å². The number of aliphatic hydroxyl groups excluding tert-OH is 1. The van der Waals surface area contributed by atoms with Crippen molar-refractivity contribution >= 4 is 27.5 Å². The second-order valence-electron chi connectivity index (χ2n) is 5.20. The molecule has 1 unspecified atom stereocenters. The fourth-order valence-corrected chi connectivity index (χ4v) is 4.32. The average molecular weight is 318 g/mol. The van der Waals surface area contributed by atoms with Gasteiger partial charge >= 0.3 is 0 Å². The molecule has 1 atom stereocenters. The number of para-hydroxylation sites is 1. The van der Waals surface area contributed by atoms with E-state index in [1.165, 1.54) is 11.8 Å². The number of benzene rings is 1. The molecule has 114 valence electrons. The van der Waals surface area contributed by atoms with Crippen LogP contribution in [0.4, 0.5) is 5.69 Å². The predicted octanol–water partition coefficient (Wildman–Crippen LogP) is 1.44. The number of rotatable bonds is 7. The van der Waals surface area contributed by atoms with Crippen molar-refractivity contribution in [2.24, 2.45) is 0 Å². The van der Waals surface area contributed by atoms with Crippen molar-refractivity contribution in [1.82, 2.24) is 4.72 Å². The van der Waals surface area contributed by atoms with Gasteiger partial charge < -0.3 is 10.8 Å². The Morgan fingerprint density at radius 3 is 2.55 bits per heavy atom. The Bertz CT molecular complexity index is 542. The maximum absolute atomic E-state index is 12.0. The van der Waals surface area contributed by atoms with Crippen LogP contribution in [0.2, 0.25) is 0 Å². The second kappa shape index (κ2) is 6.80. The molecule has 0 aliphatic carbocycles. The van der Waals surface area contributed by atoms with E-state index in [4.69, 9.17) is 5.73 Å². The molecule has 0 aliphatic rings. The summed E-state index contributed by atoms with van der Waals surface area (Å²) in [6.45, 7) is 4.86. The van der Waals surface area contributed by atoms with E-state index in [-0.39, 0.29) is 5.75 Å². The second-order valence-corrected chi connectivity index (χ2v) is 8.18. The van der Waals surface area contributed by atoms with Crippen LogP contribution in [-0.2, 0) is 10.0 Å². The summed E-state index contributed by atoms with van der Waals surface area (Å²) in [4.78, 5) is 0.873. The minimum Gasteiger partial charge on any atom is -0.398 e. The SMILES string of the molecule is CC(O)C(C)(C)NS(=O)(=O)CCSc1ccccc1N. The first-order valence-corrected chi connectivity index (χ1v) is 8.95. The van der Waals surface area contributed by atoms with E-state index >= 15 is 0 Å². The summed E-state index contributed by atoms with van der Waals surface area (Å²) < 4.78 is 26.4. The zero-order valence-electron chi connectivity index (χ0n) is 12.0. The van der Waals surface area contributed by atoms with Gasteiger partial charge in [0.25, 0.3) is 0 Å². The highest BCUT2D eigenvalue weighted by Gasteiger charge is 2.29. The fraction of sp³-hybridized carbons (Fsp3) is 0.538. The first-order chi connectivity index (χ1) is 9.14. The molecular weight excluding hydrogens is 296 g/mol. The molecule has 4 N–H and O–H groups in total. The molecule has 1 rings (SSSR count). The van der Waals surface area contributed by atoms with Gasteiger partial charge in [-0.2, -0.15) is 0 Å². The Hall–Kier alpha value is -0.760. The lowest BCUT2D eigenvalue weighted by Crippen LogP contribution is -2.51. The van der Waals surface area contributed by atoms with Crippen molar-refractivity contribution in [2.45, 2.75) is 37.3 Å². The molecule has 0 amide bonds. The normalized spacial score (nSPS) is 14.2. The van der Waals surface area contributed by atoms with E-state index in [0.717, 1.165) is 4.90 Å². The zero-order chi connectivity index (χ0) is 15.4. The van der Waals surface area contributed by atoms with Gasteiger partial charge in [0.2, 0.25) is 10.0 Å². The number of nitrogens with one attached hydrogen (secondary N) is 1. The summed E-state index contributed by atoms with van der Waals surface area (Å²) in [6.07, 6.45) is -0.769. The summed E-state index contributed by atoms with van der Waals surface area (Å²) in [5.74, 6) is 0.377. The molecular formula is C13H22N2O3S2. The van der Waals surface area contributed by atoms with Gasteiger partial charge in [0, 0.05) is 16.3 Å². The van der Waals surface area contributed by atoms with Gasteiger partial charge in [0.05, 0.1) is 17.4 Å². The van der Waals surface area contributed by atoms with E-state index in [9.17, 15) is 13.5 Å².